The molecule has 0 N–H and O–H groups in total. The molecule has 0 aliphatic carbocycles. The first kappa shape index (κ1) is 26.6. The van der Waals surface area contributed by atoms with Crippen molar-refractivity contribution in [1.82, 2.24) is 9.55 Å². The zero-order chi connectivity index (χ0) is 26.8. The molecule has 37 heavy (non-hydrogen) atoms. The molecule has 4 rings (SSSR count). The van der Waals surface area contributed by atoms with Crippen LogP contribution in [0.5, 0.6) is 0 Å². The molecule has 0 bridgehead atoms. The summed E-state index contributed by atoms with van der Waals surface area (Å²) in [5.41, 5.74) is 0.303. The van der Waals surface area contributed by atoms with Crippen LogP contribution in [0.3, 0.4) is 0 Å². The van der Waals surface area contributed by atoms with Crippen LogP contribution in [0.25, 0.3) is 11.0 Å². The van der Waals surface area contributed by atoms with E-state index in [4.69, 9.17) is 4.74 Å². The van der Waals surface area contributed by atoms with Crippen molar-refractivity contribution in [3.63, 3.8) is 0 Å². The number of hydrogen-bond donors (Lipinski definition) is 0. The Hall–Kier alpha value is -3.47. The number of esters is 1. The first-order valence-corrected chi connectivity index (χ1v) is 12.1. The Morgan fingerprint density at radius 2 is 1.65 bits per heavy atom. The zero-order valence-corrected chi connectivity index (χ0v) is 20.2. The maximum Gasteiger partial charge on any atom is 0.416 e. The molecule has 0 amide bonds. The number of aromatic nitrogens is 2. The number of nitrogens with zero attached hydrogens (tertiary/aromatic N) is 2. The van der Waals surface area contributed by atoms with Gasteiger partial charge in [0.2, 0.25) is 0 Å². The second kappa shape index (κ2) is 10.5. The fraction of sp³-hybridized carbons (Fsp3) is 0.231. The molecule has 1 heterocycles. The minimum absolute atomic E-state index is 0.0449. The second-order valence-corrected chi connectivity index (χ2v) is 8.99. The summed E-state index contributed by atoms with van der Waals surface area (Å²) >= 11 is 1.06. The smallest absolute Gasteiger partial charge is 0.416 e. The van der Waals surface area contributed by atoms with Crippen molar-refractivity contribution >= 4 is 28.8 Å². The van der Waals surface area contributed by atoms with Crippen LogP contribution in [-0.2, 0) is 29.4 Å². The predicted molar refractivity (Wildman–Crippen MR) is 127 cm³/mol. The van der Waals surface area contributed by atoms with Crippen LogP contribution in [0.2, 0.25) is 0 Å². The highest BCUT2D eigenvalue weighted by Crippen LogP contribution is 2.36. The van der Waals surface area contributed by atoms with Gasteiger partial charge in [-0.15, -0.1) is 0 Å². The van der Waals surface area contributed by atoms with Crippen molar-refractivity contribution in [1.29, 1.82) is 0 Å². The molecule has 4 nitrogen and oxygen atoms in total. The summed E-state index contributed by atoms with van der Waals surface area (Å²) in [6.07, 6.45) is -9.00. The maximum atomic E-state index is 13.5. The fourth-order valence-electron chi connectivity index (χ4n) is 3.76. The van der Waals surface area contributed by atoms with Gasteiger partial charge in [-0.05, 0) is 54.4 Å². The number of carbonyl (C=O) groups excluding carboxylic acids is 1. The van der Waals surface area contributed by atoms with Gasteiger partial charge in [-0.25, -0.2) is 9.78 Å². The lowest BCUT2D eigenvalue weighted by Gasteiger charge is -2.13. The van der Waals surface area contributed by atoms with Crippen LogP contribution in [0.4, 0.5) is 26.3 Å². The fourth-order valence-corrected chi connectivity index (χ4v) is 4.78. The molecule has 0 saturated heterocycles. The first-order chi connectivity index (χ1) is 17.5. The average Bonchev–Trinajstić information content (AvgIpc) is 3.18. The van der Waals surface area contributed by atoms with Crippen LogP contribution < -0.4 is 0 Å². The summed E-state index contributed by atoms with van der Waals surface area (Å²) < 4.78 is 86.0. The average molecular weight is 539 g/mol. The summed E-state index contributed by atoms with van der Waals surface area (Å²) in [6, 6.07) is 14.5. The Bertz CT molecular complexity index is 1410. The Kier molecular flexibility index (Phi) is 7.54. The Morgan fingerprint density at radius 1 is 0.946 bits per heavy atom. The van der Waals surface area contributed by atoms with Gasteiger partial charge in [-0.3, -0.25) is 0 Å². The molecule has 0 spiro atoms. The standard InChI is InChI=1S/C26H20F6N2O2S/c1-2-36-23(35)17-9-12-22-21(13-17)33-24(37-15-18-5-3-4-6-20(18)26(30,31)32)34(22)14-16-7-10-19(11-8-16)25(27,28)29/h3-13H,2,14-15H2,1H3. The number of thioether (sulfide) groups is 1. The molecular weight excluding hydrogens is 518 g/mol. The predicted octanol–water partition coefficient (Wildman–Crippen LogP) is 7.59. The highest BCUT2D eigenvalue weighted by molar-refractivity contribution is 7.98. The van der Waals surface area contributed by atoms with Crippen LogP contribution in [0.15, 0.2) is 71.9 Å². The van der Waals surface area contributed by atoms with Crippen LogP contribution in [-0.4, -0.2) is 22.1 Å². The van der Waals surface area contributed by atoms with Gasteiger partial charge in [-0.2, -0.15) is 26.3 Å². The summed E-state index contributed by atoms with van der Waals surface area (Å²) in [5.74, 6) is -0.591. The molecule has 0 aliphatic rings. The SMILES string of the molecule is CCOC(=O)c1ccc2c(c1)nc(SCc1ccccc1C(F)(F)F)n2Cc1ccc(C(F)(F)F)cc1. The molecule has 0 saturated carbocycles. The van der Waals surface area contributed by atoms with Crippen molar-refractivity contribution in [3.8, 4) is 0 Å². The van der Waals surface area contributed by atoms with Crippen LogP contribution in [0.1, 0.15) is 39.5 Å². The van der Waals surface area contributed by atoms with E-state index in [0.717, 1.165) is 30.0 Å². The molecule has 3 aromatic carbocycles. The van der Waals surface area contributed by atoms with Gasteiger partial charge in [0, 0.05) is 5.75 Å². The van der Waals surface area contributed by atoms with Gasteiger partial charge in [-0.1, -0.05) is 42.1 Å². The van der Waals surface area contributed by atoms with Crippen molar-refractivity contribution in [2.24, 2.45) is 0 Å². The maximum absolute atomic E-state index is 13.5. The van der Waals surface area contributed by atoms with Gasteiger partial charge >= 0.3 is 18.3 Å². The van der Waals surface area contributed by atoms with Crippen molar-refractivity contribution in [2.45, 2.75) is 36.7 Å². The lowest BCUT2D eigenvalue weighted by Crippen LogP contribution is -2.09. The largest absolute Gasteiger partial charge is 0.462 e. The third kappa shape index (κ3) is 6.10. The molecule has 11 heteroatoms. The van der Waals surface area contributed by atoms with E-state index in [2.05, 4.69) is 4.98 Å². The second-order valence-electron chi connectivity index (χ2n) is 8.04. The Balaban J connectivity index is 1.71. The molecule has 194 valence electrons. The van der Waals surface area contributed by atoms with Gasteiger partial charge < -0.3 is 9.30 Å². The highest BCUT2D eigenvalue weighted by atomic mass is 32.2. The summed E-state index contributed by atoms with van der Waals surface area (Å²) in [4.78, 5) is 16.7. The number of halogens is 6. The van der Waals surface area contributed by atoms with E-state index in [-0.39, 0.29) is 30.0 Å². The summed E-state index contributed by atoms with van der Waals surface area (Å²) in [7, 11) is 0. The highest BCUT2D eigenvalue weighted by Gasteiger charge is 2.33. The van der Waals surface area contributed by atoms with Crippen LogP contribution >= 0.6 is 11.8 Å². The van der Waals surface area contributed by atoms with Crippen molar-refractivity contribution in [2.75, 3.05) is 6.61 Å². The van der Waals surface area contributed by atoms with E-state index in [9.17, 15) is 31.1 Å². The molecule has 4 aromatic rings. The van der Waals surface area contributed by atoms with Crippen LogP contribution in [0, 0.1) is 0 Å². The number of fused-ring (bicyclic) bond motifs is 1. The van der Waals surface area contributed by atoms with E-state index >= 15 is 0 Å². The van der Waals surface area contributed by atoms with E-state index in [1.54, 1.807) is 23.6 Å². The van der Waals surface area contributed by atoms with E-state index in [0.29, 0.717) is 21.8 Å². The van der Waals surface area contributed by atoms with Crippen molar-refractivity contribution in [3.05, 3.63) is 94.5 Å². The van der Waals surface area contributed by atoms with Gasteiger partial charge in [0.15, 0.2) is 5.16 Å². The third-order valence-corrected chi connectivity index (χ3v) is 6.55. The minimum Gasteiger partial charge on any atom is -0.462 e. The number of hydrogen-bond acceptors (Lipinski definition) is 4. The van der Waals surface area contributed by atoms with Gasteiger partial charge in [0.1, 0.15) is 0 Å². The summed E-state index contributed by atoms with van der Waals surface area (Å²) in [5, 5.41) is 0.355. The Morgan fingerprint density at radius 3 is 2.30 bits per heavy atom. The lowest BCUT2D eigenvalue weighted by atomic mass is 10.1. The molecule has 1 aromatic heterocycles. The molecule has 0 aliphatic heterocycles. The topological polar surface area (TPSA) is 44.1 Å². The van der Waals surface area contributed by atoms with Gasteiger partial charge in [0.25, 0.3) is 0 Å². The van der Waals surface area contributed by atoms with E-state index < -0.39 is 29.4 Å². The number of ether oxygens (including phenoxy) is 1. The number of benzene rings is 3. The number of alkyl halides is 6. The molecule has 0 fully saturated rings. The van der Waals surface area contributed by atoms with Crippen molar-refractivity contribution < 1.29 is 35.9 Å². The molecule has 0 radical (unpaired) electrons. The zero-order valence-electron chi connectivity index (χ0n) is 19.4. The monoisotopic (exact) mass is 538 g/mol. The Labute approximate surface area is 212 Å². The third-order valence-electron chi connectivity index (χ3n) is 5.53. The molecule has 0 unspecified atom stereocenters. The summed E-state index contributed by atoms with van der Waals surface area (Å²) in [6.45, 7) is 1.97. The van der Waals surface area contributed by atoms with E-state index in [1.165, 1.54) is 36.4 Å². The minimum atomic E-state index is -4.52. The normalized spacial score (nSPS) is 12.2. The molecule has 0 atom stereocenters. The first-order valence-electron chi connectivity index (χ1n) is 11.1. The molecular formula is C26H20F6N2O2S. The number of imidazole rings is 1. The quantitative estimate of drug-likeness (QED) is 0.138. The lowest BCUT2D eigenvalue weighted by molar-refractivity contribution is -0.138. The van der Waals surface area contributed by atoms with E-state index in [1.807, 2.05) is 0 Å². The number of rotatable bonds is 7. The number of carbonyl (C=O) groups is 1. The van der Waals surface area contributed by atoms with Gasteiger partial charge in [0.05, 0.1) is 40.9 Å².